The van der Waals surface area contributed by atoms with Crippen LogP contribution in [0.3, 0.4) is 0 Å². The van der Waals surface area contributed by atoms with E-state index in [-0.39, 0.29) is 22.3 Å². The quantitative estimate of drug-likeness (QED) is 0.360. The third-order valence-electron chi connectivity index (χ3n) is 6.07. The predicted molar refractivity (Wildman–Crippen MR) is 131 cm³/mol. The van der Waals surface area contributed by atoms with Gasteiger partial charge in [-0.1, -0.05) is 55.5 Å². The number of nitrogens with zero attached hydrogens (tertiary/aromatic N) is 1. The van der Waals surface area contributed by atoms with Crippen LogP contribution in [0.15, 0.2) is 77.7 Å². The average molecular weight is 478 g/mol. The standard InChI is InChI=1S/C27H27NO5S/c1-4-20-12-14-21(15-13-20)26(29)19(3)33-27(30)23-9-7-10-24(17-23)34(31,32)28-18(2)16-22-8-5-6-11-25(22)28/h5-15,17-19H,4,16H2,1-3H3. The Morgan fingerprint density at radius 1 is 1.00 bits per heavy atom. The van der Waals surface area contributed by atoms with Crippen molar-refractivity contribution in [3.63, 3.8) is 0 Å². The molecule has 0 amide bonds. The normalized spacial score (nSPS) is 16.1. The van der Waals surface area contributed by atoms with Gasteiger partial charge < -0.3 is 4.74 Å². The minimum Gasteiger partial charge on any atom is -0.451 e. The monoisotopic (exact) mass is 477 g/mol. The third-order valence-corrected chi connectivity index (χ3v) is 8.00. The van der Waals surface area contributed by atoms with Gasteiger partial charge in [-0.05, 0) is 62.1 Å². The van der Waals surface area contributed by atoms with Crippen LogP contribution in [0.25, 0.3) is 0 Å². The van der Waals surface area contributed by atoms with Crippen LogP contribution < -0.4 is 4.31 Å². The zero-order valence-electron chi connectivity index (χ0n) is 19.4. The summed E-state index contributed by atoms with van der Waals surface area (Å²) in [6.07, 6.45) is 0.474. The number of ether oxygens (including phenoxy) is 1. The average Bonchev–Trinajstić information content (AvgIpc) is 3.20. The Morgan fingerprint density at radius 3 is 2.41 bits per heavy atom. The van der Waals surface area contributed by atoms with Crippen LogP contribution in [0.5, 0.6) is 0 Å². The highest BCUT2D eigenvalue weighted by molar-refractivity contribution is 7.92. The number of aryl methyl sites for hydroxylation is 1. The van der Waals surface area contributed by atoms with Crippen molar-refractivity contribution in [2.45, 2.75) is 50.7 Å². The zero-order valence-corrected chi connectivity index (χ0v) is 20.2. The van der Waals surface area contributed by atoms with E-state index in [0.717, 1.165) is 17.5 Å². The predicted octanol–water partition coefficient (Wildman–Crippen LogP) is 4.82. The Morgan fingerprint density at radius 2 is 1.71 bits per heavy atom. The van der Waals surface area contributed by atoms with E-state index in [9.17, 15) is 18.0 Å². The molecule has 6 nitrogen and oxygen atoms in total. The number of para-hydroxylation sites is 1. The molecule has 4 rings (SSSR count). The van der Waals surface area contributed by atoms with E-state index in [0.29, 0.717) is 17.7 Å². The van der Waals surface area contributed by atoms with Crippen LogP contribution in [0.1, 0.15) is 52.6 Å². The number of ketones is 1. The molecule has 0 N–H and O–H groups in total. The fraction of sp³-hybridized carbons (Fsp3) is 0.259. The van der Waals surface area contributed by atoms with E-state index in [2.05, 4.69) is 0 Å². The molecule has 7 heteroatoms. The van der Waals surface area contributed by atoms with Crippen LogP contribution in [0.4, 0.5) is 5.69 Å². The first kappa shape index (κ1) is 23.7. The van der Waals surface area contributed by atoms with Gasteiger partial charge in [0, 0.05) is 11.6 Å². The number of sulfonamides is 1. The summed E-state index contributed by atoms with van der Waals surface area (Å²) in [6, 6.07) is 20.1. The minimum atomic E-state index is -3.89. The summed E-state index contributed by atoms with van der Waals surface area (Å²) in [5, 5.41) is 0. The van der Waals surface area contributed by atoms with Crippen LogP contribution in [0, 0.1) is 0 Å². The summed E-state index contributed by atoms with van der Waals surface area (Å²) in [5.41, 5.74) is 3.25. The van der Waals surface area contributed by atoms with E-state index in [1.807, 2.05) is 38.1 Å². The van der Waals surface area contributed by atoms with Gasteiger partial charge in [0.05, 0.1) is 16.1 Å². The highest BCUT2D eigenvalue weighted by Crippen LogP contribution is 2.36. The number of Topliss-reactive ketones (excluding diaryl/α,β-unsaturated/α-hetero) is 1. The first-order valence-electron chi connectivity index (χ1n) is 11.3. The lowest BCUT2D eigenvalue weighted by atomic mass is 10.0. The van der Waals surface area contributed by atoms with Crippen LogP contribution in [0.2, 0.25) is 0 Å². The molecule has 1 aliphatic rings. The summed E-state index contributed by atoms with van der Waals surface area (Å²) in [6.45, 7) is 5.39. The highest BCUT2D eigenvalue weighted by atomic mass is 32.2. The van der Waals surface area contributed by atoms with E-state index in [4.69, 9.17) is 4.74 Å². The molecule has 1 heterocycles. The van der Waals surface area contributed by atoms with Crippen molar-refractivity contribution in [3.05, 3.63) is 95.1 Å². The van der Waals surface area contributed by atoms with Crippen molar-refractivity contribution in [2.75, 3.05) is 4.31 Å². The first-order chi connectivity index (χ1) is 16.2. The maximum Gasteiger partial charge on any atom is 0.338 e. The number of fused-ring (bicyclic) bond motifs is 1. The number of esters is 1. The summed E-state index contributed by atoms with van der Waals surface area (Å²) < 4.78 is 33.7. The Hall–Kier alpha value is -3.45. The second-order valence-corrected chi connectivity index (χ2v) is 10.3. The molecule has 3 aromatic carbocycles. The summed E-state index contributed by atoms with van der Waals surface area (Å²) in [4.78, 5) is 25.5. The van der Waals surface area contributed by atoms with Crippen LogP contribution in [-0.4, -0.2) is 32.3 Å². The van der Waals surface area contributed by atoms with Crippen molar-refractivity contribution < 1.29 is 22.7 Å². The number of benzene rings is 3. The molecule has 0 radical (unpaired) electrons. The first-order valence-corrected chi connectivity index (χ1v) is 12.7. The highest BCUT2D eigenvalue weighted by Gasteiger charge is 2.36. The SMILES string of the molecule is CCc1ccc(C(=O)C(C)OC(=O)c2cccc(S(=O)(=O)N3c4ccccc4CC3C)c2)cc1. The lowest BCUT2D eigenvalue weighted by molar-refractivity contribution is 0.0318. The summed E-state index contributed by atoms with van der Waals surface area (Å²) >= 11 is 0. The van der Waals surface area contributed by atoms with Crippen molar-refractivity contribution in [1.29, 1.82) is 0 Å². The van der Waals surface area contributed by atoms with Crippen molar-refractivity contribution in [3.8, 4) is 0 Å². The number of carbonyl (C=O) groups is 2. The van der Waals surface area contributed by atoms with Gasteiger partial charge in [0.15, 0.2) is 6.10 Å². The second-order valence-electron chi connectivity index (χ2n) is 8.47. The lowest BCUT2D eigenvalue weighted by Crippen LogP contribution is -2.35. The Kier molecular flexibility index (Phi) is 6.57. The molecule has 0 saturated carbocycles. The molecule has 0 fully saturated rings. The molecule has 34 heavy (non-hydrogen) atoms. The molecule has 1 aliphatic heterocycles. The summed E-state index contributed by atoms with van der Waals surface area (Å²) in [7, 11) is -3.89. The summed E-state index contributed by atoms with van der Waals surface area (Å²) in [5.74, 6) is -1.07. The lowest BCUT2D eigenvalue weighted by Gasteiger charge is -2.24. The number of carbonyl (C=O) groups excluding carboxylic acids is 2. The van der Waals surface area contributed by atoms with E-state index in [1.165, 1.54) is 35.5 Å². The molecular formula is C27H27NO5S. The van der Waals surface area contributed by atoms with Gasteiger partial charge in [-0.15, -0.1) is 0 Å². The van der Waals surface area contributed by atoms with Gasteiger partial charge in [-0.25, -0.2) is 13.2 Å². The van der Waals surface area contributed by atoms with Gasteiger partial charge in [0.2, 0.25) is 5.78 Å². The Labute approximate surface area is 200 Å². The van der Waals surface area contributed by atoms with Gasteiger partial charge in [0.1, 0.15) is 0 Å². The van der Waals surface area contributed by atoms with Crippen molar-refractivity contribution >= 4 is 27.5 Å². The van der Waals surface area contributed by atoms with Crippen LogP contribution in [-0.2, 0) is 27.6 Å². The maximum absolute atomic E-state index is 13.5. The Balaban J connectivity index is 1.54. The molecule has 176 valence electrons. The van der Waals surface area contributed by atoms with E-state index in [1.54, 1.807) is 24.3 Å². The third kappa shape index (κ3) is 4.48. The van der Waals surface area contributed by atoms with Gasteiger partial charge >= 0.3 is 5.97 Å². The molecule has 0 saturated heterocycles. The van der Waals surface area contributed by atoms with Gasteiger partial charge in [0.25, 0.3) is 10.0 Å². The van der Waals surface area contributed by atoms with Crippen molar-refractivity contribution in [2.24, 2.45) is 0 Å². The minimum absolute atomic E-state index is 0.000336. The van der Waals surface area contributed by atoms with E-state index < -0.39 is 22.1 Å². The molecule has 0 aromatic heterocycles. The van der Waals surface area contributed by atoms with Gasteiger partial charge in [-0.3, -0.25) is 9.10 Å². The Bertz CT molecular complexity index is 1330. The molecule has 0 aliphatic carbocycles. The maximum atomic E-state index is 13.5. The van der Waals surface area contributed by atoms with Crippen molar-refractivity contribution in [1.82, 2.24) is 0 Å². The number of anilines is 1. The molecule has 2 unspecified atom stereocenters. The molecular weight excluding hydrogens is 450 g/mol. The second kappa shape index (κ2) is 9.43. The smallest absolute Gasteiger partial charge is 0.338 e. The topological polar surface area (TPSA) is 80.8 Å². The fourth-order valence-corrected chi connectivity index (χ4v) is 5.96. The molecule has 0 spiro atoms. The van der Waals surface area contributed by atoms with Crippen LogP contribution >= 0.6 is 0 Å². The zero-order chi connectivity index (χ0) is 24.5. The number of hydrogen-bond donors (Lipinski definition) is 0. The molecule has 0 bridgehead atoms. The fourth-order valence-electron chi connectivity index (χ4n) is 4.22. The number of hydrogen-bond acceptors (Lipinski definition) is 5. The van der Waals surface area contributed by atoms with Gasteiger partial charge in [-0.2, -0.15) is 0 Å². The molecule has 2 atom stereocenters. The molecule has 3 aromatic rings. The van der Waals surface area contributed by atoms with E-state index >= 15 is 0 Å². The largest absolute Gasteiger partial charge is 0.451 e. The number of rotatable bonds is 7.